The van der Waals surface area contributed by atoms with E-state index in [4.69, 9.17) is 16.1 Å². The van der Waals surface area contributed by atoms with E-state index in [0.29, 0.717) is 23.0 Å². The number of urea groups is 1. The Morgan fingerprint density at radius 3 is 2.71 bits per heavy atom. The SMILES string of the molecule is Cc1onc(-c2ccccc2)c1CNC(=O)Nc1cccc(Cl)c1. The van der Waals surface area contributed by atoms with E-state index in [9.17, 15) is 4.79 Å². The quantitative estimate of drug-likeness (QED) is 0.727. The average molecular weight is 342 g/mol. The Labute approximate surface area is 144 Å². The molecule has 0 aliphatic heterocycles. The first kappa shape index (κ1) is 16.1. The Bertz CT molecular complexity index is 846. The zero-order valence-electron chi connectivity index (χ0n) is 13.0. The third-order valence-corrected chi connectivity index (χ3v) is 3.78. The summed E-state index contributed by atoms with van der Waals surface area (Å²) in [6.45, 7) is 2.14. The maximum atomic E-state index is 12.1. The minimum Gasteiger partial charge on any atom is -0.361 e. The van der Waals surface area contributed by atoms with Crippen molar-refractivity contribution in [3.8, 4) is 11.3 Å². The normalized spacial score (nSPS) is 10.4. The van der Waals surface area contributed by atoms with E-state index < -0.39 is 0 Å². The van der Waals surface area contributed by atoms with Crippen LogP contribution in [0.25, 0.3) is 11.3 Å². The Morgan fingerprint density at radius 1 is 1.17 bits per heavy atom. The van der Waals surface area contributed by atoms with Gasteiger partial charge in [-0.25, -0.2) is 4.79 Å². The molecule has 2 amide bonds. The number of hydrogen-bond acceptors (Lipinski definition) is 3. The Morgan fingerprint density at radius 2 is 1.96 bits per heavy atom. The van der Waals surface area contributed by atoms with Crippen LogP contribution >= 0.6 is 11.6 Å². The van der Waals surface area contributed by atoms with Crippen LogP contribution in [0.5, 0.6) is 0 Å². The number of carbonyl (C=O) groups excluding carboxylic acids is 1. The molecule has 0 aliphatic carbocycles. The summed E-state index contributed by atoms with van der Waals surface area (Å²) in [6, 6.07) is 16.4. The minimum absolute atomic E-state index is 0.311. The molecule has 0 atom stereocenters. The second kappa shape index (κ2) is 7.19. The Hall–Kier alpha value is -2.79. The van der Waals surface area contributed by atoms with Crippen LogP contribution in [0.4, 0.5) is 10.5 Å². The van der Waals surface area contributed by atoms with Crippen LogP contribution in [0.3, 0.4) is 0 Å². The first-order valence-electron chi connectivity index (χ1n) is 7.44. The van der Waals surface area contributed by atoms with Gasteiger partial charge in [-0.15, -0.1) is 0 Å². The smallest absolute Gasteiger partial charge is 0.319 e. The maximum Gasteiger partial charge on any atom is 0.319 e. The highest BCUT2D eigenvalue weighted by molar-refractivity contribution is 6.30. The fourth-order valence-corrected chi connectivity index (χ4v) is 2.52. The molecule has 0 saturated heterocycles. The fourth-order valence-electron chi connectivity index (χ4n) is 2.33. The molecule has 6 heteroatoms. The number of anilines is 1. The molecule has 3 rings (SSSR count). The third kappa shape index (κ3) is 3.75. The number of rotatable bonds is 4. The molecule has 0 bridgehead atoms. The minimum atomic E-state index is -0.322. The molecule has 0 radical (unpaired) electrons. The molecule has 1 aromatic heterocycles. The summed E-state index contributed by atoms with van der Waals surface area (Å²) in [5, 5.41) is 10.2. The number of nitrogens with zero attached hydrogens (tertiary/aromatic N) is 1. The van der Waals surface area contributed by atoms with Gasteiger partial charge in [-0.3, -0.25) is 0 Å². The van der Waals surface area contributed by atoms with Crippen molar-refractivity contribution in [2.45, 2.75) is 13.5 Å². The Balaban J connectivity index is 1.69. The molecule has 1 heterocycles. The number of benzene rings is 2. The highest BCUT2D eigenvalue weighted by Gasteiger charge is 2.15. The molecule has 0 spiro atoms. The van der Waals surface area contributed by atoms with E-state index in [1.165, 1.54) is 0 Å². The highest BCUT2D eigenvalue weighted by atomic mass is 35.5. The third-order valence-electron chi connectivity index (χ3n) is 3.54. The number of hydrogen-bond donors (Lipinski definition) is 2. The van der Waals surface area contributed by atoms with Crippen LogP contribution in [0, 0.1) is 6.92 Å². The van der Waals surface area contributed by atoms with Crippen molar-refractivity contribution in [1.82, 2.24) is 10.5 Å². The van der Waals surface area contributed by atoms with Crippen LogP contribution in [-0.4, -0.2) is 11.2 Å². The van der Waals surface area contributed by atoms with Crippen molar-refractivity contribution in [3.63, 3.8) is 0 Å². The van der Waals surface area contributed by atoms with Gasteiger partial charge >= 0.3 is 6.03 Å². The summed E-state index contributed by atoms with van der Waals surface area (Å²) in [4.78, 5) is 12.1. The van der Waals surface area contributed by atoms with Gasteiger partial charge in [0.2, 0.25) is 0 Å². The molecule has 0 aliphatic rings. The van der Waals surface area contributed by atoms with Crippen LogP contribution in [0.1, 0.15) is 11.3 Å². The van der Waals surface area contributed by atoms with Crippen molar-refractivity contribution >= 4 is 23.3 Å². The summed E-state index contributed by atoms with van der Waals surface area (Å²) < 4.78 is 5.28. The molecule has 2 N–H and O–H groups in total. The van der Waals surface area contributed by atoms with Gasteiger partial charge in [0.15, 0.2) is 0 Å². The van der Waals surface area contributed by atoms with Crippen molar-refractivity contribution in [3.05, 3.63) is 70.9 Å². The average Bonchev–Trinajstić information content (AvgIpc) is 2.94. The molecule has 2 aromatic carbocycles. The first-order chi connectivity index (χ1) is 11.6. The molecule has 0 saturated carbocycles. The topological polar surface area (TPSA) is 67.2 Å². The van der Waals surface area contributed by atoms with Gasteiger partial charge in [0, 0.05) is 21.8 Å². The number of nitrogens with one attached hydrogen (secondary N) is 2. The highest BCUT2D eigenvalue weighted by Crippen LogP contribution is 2.24. The molecule has 24 heavy (non-hydrogen) atoms. The van der Waals surface area contributed by atoms with Gasteiger partial charge in [-0.2, -0.15) is 0 Å². The predicted molar refractivity (Wildman–Crippen MR) is 94.0 cm³/mol. The molecule has 5 nitrogen and oxygen atoms in total. The van der Waals surface area contributed by atoms with E-state index in [0.717, 1.165) is 16.8 Å². The van der Waals surface area contributed by atoms with E-state index in [1.807, 2.05) is 37.3 Å². The van der Waals surface area contributed by atoms with Gasteiger partial charge in [0.05, 0.1) is 6.54 Å². The summed E-state index contributed by atoms with van der Waals surface area (Å²) in [5.41, 5.74) is 3.16. The van der Waals surface area contributed by atoms with Gasteiger partial charge in [0.1, 0.15) is 11.5 Å². The van der Waals surface area contributed by atoms with Crippen LogP contribution in [0.15, 0.2) is 59.1 Å². The van der Waals surface area contributed by atoms with E-state index in [1.54, 1.807) is 24.3 Å². The van der Waals surface area contributed by atoms with Gasteiger partial charge in [0.25, 0.3) is 0 Å². The number of amides is 2. The first-order valence-corrected chi connectivity index (χ1v) is 7.82. The predicted octanol–water partition coefficient (Wildman–Crippen LogP) is 4.63. The number of aromatic nitrogens is 1. The van der Waals surface area contributed by atoms with Crippen molar-refractivity contribution in [2.75, 3.05) is 5.32 Å². The summed E-state index contributed by atoms with van der Waals surface area (Å²) in [7, 11) is 0. The monoisotopic (exact) mass is 341 g/mol. The number of carbonyl (C=O) groups is 1. The van der Waals surface area contributed by atoms with Gasteiger partial charge in [-0.05, 0) is 25.1 Å². The zero-order chi connectivity index (χ0) is 16.9. The lowest BCUT2D eigenvalue weighted by molar-refractivity contribution is 0.251. The van der Waals surface area contributed by atoms with Crippen molar-refractivity contribution < 1.29 is 9.32 Å². The van der Waals surface area contributed by atoms with Gasteiger partial charge in [-0.1, -0.05) is 53.2 Å². The molecular weight excluding hydrogens is 326 g/mol. The van der Waals surface area contributed by atoms with Crippen molar-refractivity contribution in [2.24, 2.45) is 0 Å². The lowest BCUT2D eigenvalue weighted by Crippen LogP contribution is -2.28. The van der Waals surface area contributed by atoms with E-state index >= 15 is 0 Å². The lowest BCUT2D eigenvalue weighted by Gasteiger charge is -2.08. The van der Waals surface area contributed by atoms with Crippen LogP contribution in [-0.2, 0) is 6.54 Å². The molecule has 0 fully saturated rings. The second-order valence-electron chi connectivity index (χ2n) is 5.25. The zero-order valence-corrected chi connectivity index (χ0v) is 13.8. The summed E-state index contributed by atoms with van der Waals surface area (Å²) >= 11 is 5.90. The summed E-state index contributed by atoms with van der Waals surface area (Å²) in [5.74, 6) is 0.678. The molecule has 3 aromatic rings. The van der Waals surface area contributed by atoms with Gasteiger partial charge < -0.3 is 15.2 Å². The second-order valence-corrected chi connectivity index (χ2v) is 5.69. The van der Waals surface area contributed by atoms with Crippen LogP contribution < -0.4 is 10.6 Å². The molecule has 122 valence electrons. The summed E-state index contributed by atoms with van der Waals surface area (Å²) in [6.07, 6.45) is 0. The lowest BCUT2D eigenvalue weighted by atomic mass is 10.1. The van der Waals surface area contributed by atoms with E-state index in [2.05, 4.69) is 15.8 Å². The number of aryl methyl sites for hydroxylation is 1. The molecular formula is C18H16ClN3O2. The standard InChI is InChI=1S/C18H16ClN3O2/c1-12-16(17(22-24-12)13-6-3-2-4-7-13)11-20-18(23)21-15-9-5-8-14(19)10-15/h2-10H,11H2,1H3,(H2,20,21,23). The number of halogens is 1. The maximum absolute atomic E-state index is 12.1. The fraction of sp³-hybridized carbons (Fsp3) is 0.111. The largest absolute Gasteiger partial charge is 0.361 e. The van der Waals surface area contributed by atoms with Crippen molar-refractivity contribution in [1.29, 1.82) is 0 Å². The van der Waals surface area contributed by atoms with Crippen LogP contribution in [0.2, 0.25) is 5.02 Å². The molecule has 0 unspecified atom stereocenters. The Kier molecular flexibility index (Phi) is 4.82. The van der Waals surface area contributed by atoms with E-state index in [-0.39, 0.29) is 6.03 Å².